The first kappa shape index (κ1) is 16.9. The molecule has 0 aromatic rings. The highest BCUT2D eigenvalue weighted by atomic mass is 19.1. The number of hydrogen-bond donors (Lipinski definition) is 1. The largest absolute Gasteiger partial charge is 0.393 e. The molecule has 5 unspecified atom stereocenters. The Morgan fingerprint density at radius 3 is 2.53 bits per heavy atom. The van der Waals surface area contributed by atoms with Gasteiger partial charge in [-0.15, -0.1) is 0 Å². The van der Waals surface area contributed by atoms with Crippen LogP contribution < -0.4 is 0 Å². The summed E-state index contributed by atoms with van der Waals surface area (Å²) in [6, 6.07) is 0. The topological polar surface area (TPSA) is 20.2 Å². The van der Waals surface area contributed by atoms with Crippen molar-refractivity contribution in [1.29, 1.82) is 0 Å². The highest BCUT2D eigenvalue weighted by Gasteiger charge is 2.35. The minimum atomic E-state index is -0.968. The van der Waals surface area contributed by atoms with Crippen molar-refractivity contribution in [1.82, 2.24) is 0 Å². The van der Waals surface area contributed by atoms with Gasteiger partial charge in [-0.3, -0.25) is 0 Å². The third-order valence-corrected chi connectivity index (χ3v) is 5.16. The van der Waals surface area contributed by atoms with Crippen LogP contribution in [-0.2, 0) is 0 Å². The van der Waals surface area contributed by atoms with E-state index >= 15 is 0 Å². The predicted octanol–water partition coefficient (Wildman–Crippen LogP) is 5.12. The molecule has 5 atom stereocenters. The SMILES string of the molecule is C.CC1CCC(C2CCCCC(C)(F)C2)CC(O)C1. The Labute approximate surface area is 119 Å². The zero-order valence-corrected chi connectivity index (χ0v) is 12.0. The van der Waals surface area contributed by atoms with Gasteiger partial charge in [0.15, 0.2) is 0 Å². The molecule has 2 rings (SSSR count). The van der Waals surface area contributed by atoms with Gasteiger partial charge >= 0.3 is 0 Å². The first-order valence-electron chi connectivity index (χ1n) is 7.83. The second kappa shape index (κ2) is 7.06. The molecule has 0 aromatic carbocycles. The van der Waals surface area contributed by atoms with E-state index in [2.05, 4.69) is 6.92 Å². The third-order valence-electron chi connectivity index (χ3n) is 5.16. The summed E-state index contributed by atoms with van der Waals surface area (Å²) in [5.74, 6) is 1.69. The van der Waals surface area contributed by atoms with Crippen molar-refractivity contribution in [3.05, 3.63) is 0 Å². The molecule has 114 valence electrons. The lowest BCUT2D eigenvalue weighted by Crippen LogP contribution is -2.26. The van der Waals surface area contributed by atoms with Crippen molar-refractivity contribution in [2.75, 3.05) is 0 Å². The smallest absolute Gasteiger partial charge is 0.108 e. The number of rotatable bonds is 1. The number of hydrogen-bond acceptors (Lipinski definition) is 1. The van der Waals surface area contributed by atoms with Crippen LogP contribution in [0.25, 0.3) is 0 Å². The van der Waals surface area contributed by atoms with Gasteiger partial charge in [0, 0.05) is 0 Å². The molecular formula is C17H33FO. The van der Waals surface area contributed by atoms with Crippen LogP contribution in [0.1, 0.15) is 79.1 Å². The molecular weight excluding hydrogens is 239 g/mol. The first-order valence-corrected chi connectivity index (χ1v) is 7.83. The molecule has 0 bridgehead atoms. The van der Waals surface area contributed by atoms with Gasteiger partial charge in [0.25, 0.3) is 0 Å². The molecule has 2 fully saturated rings. The quantitative estimate of drug-likeness (QED) is 0.657. The lowest BCUT2D eigenvalue weighted by atomic mass is 9.78. The van der Waals surface area contributed by atoms with Crippen LogP contribution >= 0.6 is 0 Å². The summed E-state index contributed by atoms with van der Waals surface area (Å²) >= 11 is 0. The standard InChI is InChI=1S/C16H29FO.CH4/c1-12-6-7-13(10-15(18)9-12)14-5-3-4-8-16(2,17)11-14;/h12-15,18H,3-11H2,1-2H3;1H4. The second-order valence-corrected chi connectivity index (χ2v) is 7.19. The van der Waals surface area contributed by atoms with Crippen LogP contribution in [0, 0.1) is 17.8 Å². The van der Waals surface area contributed by atoms with E-state index in [4.69, 9.17) is 0 Å². The number of aliphatic hydroxyl groups excluding tert-OH is 1. The summed E-state index contributed by atoms with van der Waals surface area (Å²) in [5.41, 5.74) is -0.968. The Morgan fingerprint density at radius 1 is 1.05 bits per heavy atom. The van der Waals surface area contributed by atoms with E-state index in [9.17, 15) is 9.50 Å². The molecule has 1 N–H and O–H groups in total. The van der Waals surface area contributed by atoms with Gasteiger partial charge in [-0.05, 0) is 56.8 Å². The van der Waals surface area contributed by atoms with Crippen molar-refractivity contribution in [2.45, 2.75) is 90.8 Å². The van der Waals surface area contributed by atoms with Crippen molar-refractivity contribution in [3.63, 3.8) is 0 Å². The molecule has 0 radical (unpaired) electrons. The molecule has 0 aliphatic heterocycles. The molecule has 2 aliphatic rings. The zero-order valence-electron chi connectivity index (χ0n) is 12.0. The summed E-state index contributed by atoms with van der Waals surface area (Å²) in [5, 5.41) is 10.1. The van der Waals surface area contributed by atoms with Gasteiger partial charge in [0.05, 0.1) is 6.10 Å². The van der Waals surface area contributed by atoms with Crippen molar-refractivity contribution < 1.29 is 9.50 Å². The number of aliphatic hydroxyl groups is 1. The summed E-state index contributed by atoms with van der Waals surface area (Å²) in [4.78, 5) is 0. The van der Waals surface area contributed by atoms with Crippen LogP contribution in [0.15, 0.2) is 0 Å². The number of alkyl halides is 1. The average molecular weight is 272 g/mol. The second-order valence-electron chi connectivity index (χ2n) is 7.19. The van der Waals surface area contributed by atoms with Crippen molar-refractivity contribution in [2.24, 2.45) is 17.8 Å². The van der Waals surface area contributed by atoms with E-state index in [1.165, 1.54) is 25.7 Å². The minimum absolute atomic E-state index is 0. The summed E-state index contributed by atoms with van der Waals surface area (Å²) in [7, 11) is 0. The van der Waals surface area contributed by atoms with E-state index in [-0.39, 0.29) is 13.5 Å². The molecule has 2 saturated carbocycles. The molecule has 0 heterocycles. The predicted molar refractivity (Wildman–Crippen MR) is 79.9 cm³/mol. The highest BCUT2D eigenvalue weighted by molar-refractivity contribution is 4.86. The van der Waals surface area contributed by atoms with Gasteiger partial charge in [-0.2, -0.15) is 0 Å². The van der Waals surface area contributed by atoms with Crippen LogP contribution in [0.4, 0.5) is 4.39 Å². The van der Waals surface area contributed by atoms with Gasteiger partial charge in [0.1, 0.15) is 5.67 Å². The third kappa shape index (κ3) is 5.06. The van der Waals surface area contributed by atoms with Crippen molar-refractivity contribution >= 4 is 0 Å². The van der Waals surface area contributed by atoms with E-state index in [1.807, 2.05) is 0 Å². The van der Waals surface area contributed by atoms with Crippen LogP contribution in [-0.4, -0.2) is 16.9 Å². The van der Waals surface area contributed by atoms with Crippen LogP contribution in [0.2, 0.25) is 0 Å². The van der Waals surface area contributed by atoms with Gasteiger partial charge in [-0.25, -0.2) is 4.39 Å². The van der Waals surface area contributed by atoms with E-state index < -0.39 is 5.67 Å². The Balaban J connectivity index is 0.00000180. The molecule has 1 nitrogen and oxygen atoms in total. The fourth-order valence-electron chi connectivity index (χ4n) is 4.13. The van der Waals surface area contributed by atoms with E-state index in [1.54, 1.807) is 6.92 Å². The maximum atomic E-state index is 14.3. The highest BCUT2D eigenvalue weighted by Crippen LogP contribution is 2.42. The fourth-order valence-corrected chi connectivity index (χ4v) is 4.13. The van der Waals surface area contributed by atoms with Gasteiger partial charge < -0.3 is 5.11 Å². The molecule has 2 aliphatic carbocycles. The Bertz CT molecular complexity index is 264. The Morgan fingerprint density at radius 2 is 1.79 bits per heavy atom. The number of halogens is 1. The van der Waals surface area contributed by atoms with Gasteiger partial charge in [-0.1, -0.05) is 40.0 Å². The monoisotopic (exact) mass is 272 g/mol. The van der Waals surface area contributed by atoms with E-state index in [0.29, 0.717) is 17.8 Å². The van der Waals surface area contributed by atoms with E-state index in [0.717, 1.165) is 32.1 Å². The maximum absolute atomic E-state index is 14.3. The molecule has 0 amide bonds. The van der Waals surface area contributed by atoms with Crippen LogP contribution in [0.5, 0.6) is 0 Å². The summed E-state index contributed by atoms with van der Waals surface area (Å²) < 4.78 is 14.3. The van der Waals surface area contributed by atoms with Crippen LogP contribution in [0.3, 0.4) is 0 Å². The molecule has 0 spiro atoms. The normalized spacial score (nSPS) is 44.8. The first-order chi connectivity index (χ1) is 8.46. The molecule has 0 aromatic heterocycles. The zero-order chi connectivity index (χ0) is 13.2. The Hall–Kier alpha value is -0.110. The average Bonchev–Trinajstić information content (AvgIpc) is 2.54. The Kier molecular flexibility index (Phi) is 6.29. The lowest BCUT2D eigenvalue weighted by Gasteiger charge is -2.30. The molecule has 0 saturated heterocycles. The fraction of sp³-hybridized carbons (Fsp3) is 1.00. The minimum Gasteiger partial charge on any atom is -0.393 e. The molecule has 19 heavy (non-hydrogen) atoms. The summed E-state index contributed by atoms with van der Waals surface area (Å²) in [6.07, 6.45) is 8.93. The molecule has 2 heteroatoms. The maximum Gasteiger partial charge on any atom is 0.108 e. The van der Waals surface area contributed by atoms with Gasteiger partial charge in [0.2, 0.25) is 0 Å². The van der Waals surface area contributed by atoms with Crippen molar-refractivity contribution in [3.8, 4) is 0 Å². The lowest BCUT2D eigenvalue weighted by molar-refractivity contribution is 0.0886. The summed E-state index contributed by atoms with van der Waals surface area (Å²) in [6.45, 7) is 4.01.